The Morgan fingerprint density at radius 2 is 1.52 bits per heavy atom. The molecule has 3 nitrogen and oxygen atoms in total. The second-order valence-electron chi connectivity index (χ2n) is 9.23. The maximum atomic E-state index is 14.0. The zero-order chi connectivity index (χ0) is 21.8. The number of sulfonamides is 1. The first-order valence-corrected chi connectivity index (χ1v) is 13.0. The molecule has 0 saturated carbocycles. The number of hydrogen-bond donors (Lipinski definition) is 0. The summed E-state index contributed by atoms with van der Waals surface area (Å²) in [4.78, 5) is 0.401. The van der Waals surface area contributed by atoms with Crippen molar-refractivity contribution in [2.75, 3.05) is 0 Å². The van der Waals surface area contributed by atoms with Gasteiger partial charge in [-0.25, -0.2) is 8.42 Å². The summed E-state index contributed by atoms with van der Waals surface area (Å²) in [5, 5.41) is 0. The molecule has 162 valence electrons. The van der Waals surface area contributed by atoms with E-state index in [1.54, 1.807) is 12.1 Å². The first-order chi connectivity index (χ1) is 15.0. The van der Waals surface area contributed by atoms with Crippen molar-refractivity contribution < 1.29 is 8.42 Å². The minimum absolute atomic E-state index is 0.116. The number of hydrogen-bond acceptors (Lipinski definition) is 2. The molecule has 1 saturated heterocycles. The van der Waals surface area contributed by atoms with Gasteiger partial charge in [-0.15, -0.1) is 0 Å². The van der Waals surface area contributed by atoms with Crippen LogP contribution >= 0.6 is 0 Å². The molecule has 4 atom stereocenters. The molecule has 2 aliphatic heterocycles. The Morgan fingerprint density at radius 3 is 2.16 bits per heavy atom. The second-order valence-corrected chi connectivity index (χ2v) is 11.1. The zero-order valence-corrected chi connectivity index (χ0v) is 19.4. The van der Waals surface area contributed by atoms with E-state index in [0.717, 1.165) is 31.2 Å². The molecule has 0 amide bonds. The third-order valence-electron chi connectivity index (χ3n) is 7.18. The number of aryl methyl sites for hydroxylation is 1. The Kier molecular flexibility index (Phi) is 5.18. The Labute approximate surface area is 186 Å². The number of nitrogens with zero attached hydrogens (tertiary/aromatic N) is 1. The Morgan fingerprint density at radius 1 is 0.871 bits per heavy atom. The highest BCUT2D eigenvalue weighted by Crippen LogP contribution is 2.64. The lowest BCUT2D eigenvalue weighted by molar-refractivity contribution is 0.348. The average molecular weight is 434 g/mol. The highest BCUT2D eigenvalue weighted by molar-refractivity contribution is 7.89. The number of allylic oxidation sites excluding steroid dienone is 2. The molecule has 0 N–H and O–H groups in total. The van der Waals surface area contributed by atoms with E-state index < -0.39 is 10.0 Å². The second kappa shape index (κ2) is 7.75. The van der Waals surface area contributed by atoms with Gasteiger partial charge in [0.1, 0.15) is 0 Å². The fraction of sp³-hybridized carbons (Fsp3) is 0.407. The minimum Gasteiger partial charge on any atom is -0.207 e. The third-order valence-corrected chi connectivity index (χ3v) is 9.06. The lowest BCUT2D eigenvalue weighted by atomic mass is 9.68. The van der Waals surface area contributed by atoms with Crippen molar-refractivity contribution in [2.45, 2.75) is 63.4 Å². The topological polar surface area (TPSA) is 37.4 Å². The lowest BCUT2D eigenvalue weighted by Gasteiger charge is -2.34. The quantitative estimate of drug-likeness (QED) is 0.522. The molecule has 3 aliphatic rings. The molecule has 31 heavy (non-hydrogen) atoms. The summed E-state index contributed by atoms with van der Waals surface area (Å²) in [5.41, 5.74) is 6.27. The molecule has 2 heterocycles. The van der Waals surface area contributed by atoms with Gasteiger partial charge < -0.3 is 0 Å². The van der Waals surface area contributed by atoms with Gasteiger partial charge in [-0.2, -0.15) is 4.31 Å². The van der Waals surface area contributed by atoms with Crippen LogP contribution in [0.1, 0.15) is 68.3 Å². The SMILES string of the molecule is CCCC1=C[C@H]2[C@@H](C(CCC)=C1)[C@@H]1c3ccccc3[C@H]2N1S(=O)(=O)c1ccc(C)cc1. The van der Waals surface area contributed by atoms with Crippen molar-refractivity contribution in [1.29, 1.82) is 0 Å². The molecular formula is C27H31NO2S. The van der Waals surface area contributed by atoms with E-state index in [0.29, 0.717) is 4.90 Å². The van der Waals surface area contributed by atoms with Crippen LogP contribution in [0.5, 0.6) is 0 Å². The molecule has 0 unspecified atom stereocenters. The smallest absolute Gasteiger partial charge is 0.207 e. The molecular weight excluding hydrogens is 402 g/mol. The van der Waals surface area contributed by atoms with Crippen LogP contribution in [-0.4, -0.2) is 12.7 Å². The van der Waals surface area contributed by atoms with E-state index in [-0.39, 0.29) is 23.9 Å². The van der Waals surface area contributed by atoms with Gasteiger partial charge in [-0.1, -0.05) is 91.9 Å². The van der Waals surface area contributed by atoms with Gasteiger partial charge in [0.15, 0.2) is 0 Å². The molecule has 4 heteroatoms. The summed E-state index contributed by atoms with van der Waals surface area (Å²) in [7, 11) is -3.61. The van der Waals surface area contributed by atoms with Crippen LogP contribution in [0.4, 0.5) is 0 Å². The highest BCUT2D eigenvalue weighted by atomic mass is 32.2. The van der Waals surface area contributed by atoms with Crippen LogP contribution in [0.3, 0.4) is 0 Å². The van der Waals surface area contributed by atoms with Crippen molar-refractivity contribution in [3.8, 4) is 0 Å². The van der Waals surface area contributed by atoms with E-state index >= 15 is 0 Å². The van der Waals surface area contributed by atoms with E-state index in [2.05, 4.69) is 44.2 Å². The highest BCUT2D eigenvalue weighted by Gasteiger charge is 2.60. The molecule has 0 aromatic heterocycles. The third kappa shape index (κ3) is 3.15. The molecule has 0 radical (unpaired) electrons. The molecule has 1 aliphatic carbocycles. The molecule has 1 fully saturated rings. The molecule has 5 rings (SSSR count). The van der Waals surface area contributed by atoms with Gasteiger partial charge in [-0.3, -0.25) is 0 Å². The molecule has 2 bridgehead atoms. The van der Waals surface area contributed by atoms with Crippen LogP contribution in [0, 0.1) is 18.8 Å². The van der Waals surface area contributed by atoms with Gasteiger partial charge in [0.2, 0.25) is 10.0 Å². The monoisotopic (exact) mass is 433 g/mol. The van der Waals surface area contributed by atoms with E-state index in [4.69, 9.17) is 0 Å². The Balaban J connectivity index is 1.67. The van der Waals surface area contributed by atoms with Crippen molar-refractivity contribution in [3.05, 3.63) is 88.5 Å². The largest absolute Gasteiger partial charge is 0.244 e. The van der Waals surface area contributed by atoms with E-state index in [9.17, 15) is 8.42 Å². The van der Waals surface area contributed by atoms with Crippen molar-refractivity contribution in [1.82, 2.24) is 4.31 Å². The maximum Gasteiger partial charge on any atom is 0.244 e. The van der Waals surface area contributed by atoms with E-state index in [1.165, 1.54) is 22.3 Å². The number of rotatable bonds is 6. The minimum atomic E-state index is -3.61. The Bertz CT molecular complexity index is 1160. The van der Waals surface area contributed by atoms with Crippen LogP contribution in [0.25, 0.3) is 0 Å². The predicted octanol–water partition coefficient (Wildman–Crippen LogP) is 6.49. The zero-order valence-electron chi connectivity index (χ0n) is 18.6. The molecule has 2 aromatic carbocycles. The van der Waals surface area contributed by atoms with Crippen molar-refractivity contribution in [3.63, 3.8) is 0 Å². The van der Waals surface area contributed by atoms with Crippen LogP contribution in [-0.2, 0) is 10.0 Å². The summed E-state index contributed by atoms with van der Waals surface area (Å²) in [6.07, 6.45) is 9.05. The summed E-state index contributed by atoms with van der Waals surface area (Å²) < 4.78 is 29.8. The van der Waals surface area contributed by atoms with Gasteiger partial charge in [0, 0.05) is 11.8 Å². The average Bonchev–Trinajstić information content (AvgIpc) is 3.28. The summed E-state index contributed by atoms with van der Waals surface area (Å²) in [6.45, 7) is 6.42. The van der Waals surface area contributed by atoms with Crippen molar-refractivity contribution in [2.24, 2.45) is 11.8 Å². The number of fused-ring (bicyclic) bond motifs is 8. The van der Waals surface area contributed by atoms with Crippen LogP contribution < -0.4 is 0 Å². The lowest BCUT2D eigenvalue weighted by Crippen LogP contribution is -2.29. The predicted molar refractivity (Wildman–Crippen MR) is 125 cm³/mol. The summed E-state index contributed by atoms with van der Waals surface area (Å²) in [6, 6.07) is 15.5. The van der Waals surface area contributed by atoms with Gasteiger partial charge in [0.05, 0.1) is 17.0 Å². The molecule has 2 aromatic rings. The summed E-state index contributed by atoms with van der Waals surface area (Å²) >= 11 is 0. The normalized spacial score (nSPS) is 26.9. The van der Waals surface area contributed by atoms with Gasteiger partial charge in [-0.05, 0) is 43.0 Å². The van der Waals surface area contributed by atoms with Gasteiger partial charge >= 0.3 is 0 Å². The van der Waals surface area contributed by atoms with Crippen LogP contribution in [0.2, 0.25) is 0 Å². The fourth-order valence-corrected chi connectivity index (χ4v) is 7.83. The van der Waals surface area contributed by atoms with Gasteiger partial charge in [0.25, 0.3) is 0 Å². The van der Waals surface area contributed by atoms with Crippen LogP contribution in [0.15, 0.2) is 76.7 Å². The molecule has 0 spiro atoms. The first-order valence-electron chi connectivity index (χ1n) is 11.6. The number of benzene rings is 2. The Hall–Kier alpha value is -2.17. The fourth-order valence-electron chi connectivity index (χ4n) is 6.01. The van der Waals surface area contributed by atoms with Crippen molar-refractivity contribution >= 4 is 10.0 Å². The first kappa shape index (κ1) is 20.7. The van der Waals surface area contributed by atoms with E-state index in [1.807, 2.05) is 29.4 Å². The standard InChI is InChI=1S/C27H31NO2S/c1-4-8-19-16-20(9-5-2)25-24(17-19)26-22-10-6-7-11-23(22)27(25)28(26)31(29,30)21-14-12-18(3)13-15-21/h6-7,10-17,24-27H,4-5,8-9H2,1-3H3/t24-,25+,26+,27-/m0/s1. The maximum absolute atomic E-state index is 14.0. The summed E-state index contributed by atoms with van der Waals surface area (Å²) in [5.74, 6) is 0.453.